The molecule has 2 rings (SSSR count). The van der Waals surface area contributed by atoms with Gasteiger partial charge >= 0.3 is 5.97 Å². The highest BCUT2D eigenvalue weighted by molar-refractivity contribution is 7.89. The molecule has 0 aliphatic carbocycles. The van der Waals surface area contributed by atoms with E-state index >= 15 is 0 Å². The standard InChI is InChI=1S/C23H33N2O7PS/c1-15(2)22(25-34(30,31)13-12-17-8-10-18(32-4)11-9-17)33(28,29)14-20(23(26)27)19-6-5-7-21(24)16(19)3/h5-11,15,20,22,25H,12-14,24H2,1-4H3,(H,26,27)(H,28,29). The number of methoxy groups -OCH3 is 1. The second kappa shape index (κ2) is 11.4. The number of aryl methyl sites for hydroxylation is 1. The Balaban J connectivity index is 2.22. The van der Waals surface area contributed by atoms with Crippen LogP contribution in [0.5, 0.6) is 5.75 Å². The largest absolute Gasteiger partial charge is 0.497 e. The molecule has 0 aliphatic heterocycles. The fourth-order valence-corrected chi connectivity index (χ4v) is 8.14. The molecule has 2 aromatic rings. The van der Waals surface area contributed by atoms with Crippen LogP contribution in [-0.2, 0) is 25.8 Å². The van der Waals surface area contributed by atoms with Crippen LogP contribution in [0.2, 0.25) is 0 Å². The SMILES string of the molecule is COc1ccc(CCS(=O)(=O)NC(C(C)C)P(=O)(O)CC(C(=O)O)c2cccc(N)c2C)cc1. The molecule has 0 amide bonds. The van der Waals surface area contributed by atoms with E-state index in [0.29, 0.717) is 22.6 Å². The van der Waals surface area contributed by atoms with Gasteiger partial charge in [-0.3, -0.25) is 9.36 Å². The van der Waals surface area contributed by atoms with E-state index in [4.69, 9.17) is 10.5 Å². The Kier molecular flexibility index (Phi) is 9.30. The number of aliphatic carboxylic acids is 1. The van der Waals surface area contributed by atoms with E-state index in [2.05, 4.69) is 4.72 Å². The third-order valence-electron chi connectivity index (χ3n) is 5.72. The van der Waals surface area contributed by atoms with Crippen molar-refractivity contribution in [2.75, 3.05) is 24.8 Å². The number of benzene rings is 2. The topological polar surface area (TPSA) is 156 Å². The Labute approximate surface area is 200 Å². The number of nitrogens with two attached hydrogens (primary N) is 1. The molecule has 3 unspecified atom stereocenters. The Hall–Kier alpha value is -2.39. The van der Waals surface area contributed by atoms with Crippen molar-refractivity contribution in [2.24, 2.45) is 5.92 Å². The van der Waals surface area contributed by atoms with Crippen molar-refractivity contribution in [3.63, 3.8) is 0 Å². The van der Waals surface area contributed by atoms with Gasteiger partial charge in [0.15, 0.2) is 0 Å². The molecule has 188 valence electrons. The van der Waals surface area contributed by atoms with Gasteiger partial charge in [0.05, 0.1) is 18.8 Å². The first-order chi connectivity index (χ1) is 15.8. The number of carboxylic acids is 1. The molecular weight excluding hydrogens is 479 g/mol. The normalized spacial score (nSPS) is 15.5. The number of anilines is 1. The number of nitrogens with one attached hydrogen (secondary N) is 1. The lowest BCUT2D eigenvalue weighted by molar-refractivity contribution is -0.138. The number of ether oxygens (including phenoxy) is 1. The monoisotopic (exact) mass is 512 g/mol. The highest BCUT2D eigenvalue weighted by Crippen LogP contribution is 2.51. The van der Waals surface area contributed by atoms with Gasteiger partial charge in [0.25, 0.3) is 0 Å². The number of sulfonamides is 1. The summed E-state index contributed by atoms with van der Waals surface area (Å²) in [7, 11) is -6.71. The van der Waals surface area contributed by atoms with Gasteiger partial charge in [-0.15, -0.1) is 0 Å². The van der Waals surface area contributed by atoms with Crippen LogP contribution in [0.25, 0.3) is 0 Å². The minimum atomic E-state index is -4.30. The van der Waals surface area contributed by atoms with Crippen molar-refractivity contribution < 1.29 is 32.5 Å². The number of nitrogen functional groups attached to an aromatic ring is 1. The third-order valence-corrected chi connectivity index (χ3v) is 9.73. The maximum Gasteiger partial charge on any atom is 0.311 e. The van der Waals surface area contributed by atoms with Crippen molar-refractivity contribution in [3.8, 4) is 5.75 Å². The molecule has 3 atom stereocenters. The van der Waals surface area contributed by atoms with Gasteiger partial charge < -0.3 is 20.5 Å². The number of rotatable bonds is 12. The summed E-state index contributed by atoms with van der Waals surface area (Å²) in [5.74, 6) is -4.13. The second-order valence-corrected chi connectivity index (χ2v) is 12.9. The van der Waals surface area contributed by atoms with Crippen molar-refractivity contribution in [1.29, 1.82) is 0 Å². The molecule has 0 saturated heterocycles. The predicted octanol–water partition coefficient (Wildman–Crippen LogP) is 3.17. The van der Waals surface area contributed by atoms with E-state index in [1.807, 2.05) is 0 Å². The molecule has 11 heteroatoms. The summed E-state index contributed by atoms with van der Waals surface area (Å²) < 4.78 is 46.4. The summed E-state index contributed by atoms with van der Waals surface area (Å²) in [6.07, 6.45) is -0.434. The molecule has 0 saturated carbocycles. The quantitative estimate of drug-likeness (QED) is 0.250. The van der Waals surface area contributed by atoms with Crippen molar-refractivity contribution in [2.45, 2.75) is 38.9 Å². The fraction of sp³-hybridized carbons (Fsp3) is 0.435. The molecule has 2 aromatic carbocycles. The summed E-state index contributed by atoms with van der Waals surface area (Å²) in [4.78, 5) is 22.9. The zero-order chi connectivity index (χ0) is 25.7. The fourth-order valence-electron chi connectivity index (χ4n) is 3.71. The van der Waals surface area contributed by atoms with Crippen LogP contribution in [0.3, 0.4) is 0 Å². The lowest BCUT2D eigenvalue weighted by atomic mass is 9.95. The second-order valence-electron chi connectivity index (χ2n) is 8.61. The summed E-state index contributed by atoms with van der Waals surface area (Å²) in [5.41, 5.74) is 7.86. The number of hydrogen-bond acceptors (Lipinski definition) is 6. The van der Waals surface area contributed by atoms with Crippen LogP contribution in [0.1, 0.15) is 36.5 Å². The van der Waals surface area contributed by atoms with E-state index in [-0.39, 0.29) is 12.2 Å². The molecule has 0 fully saturated rings. The van der Waals surface area contributed by atoms with E-state index in [1.54, 1.807) is 63.2 Å². The summed E-state index contributed by atoms with van der Waals surface area (Å²) >= 11 is 0. The van der Waals surface area contributed by atoms with Crippen molar-refractivity contribution >= 4 is 29.0 Å². The van der Waals surface area contributed by atoms with Crippen LogP contribution >= 0.6 is 7.37 Å². The first-order valence-electron chi connectivity index (χ1n) is 10.8. The van der Waals surface area contributed by atoms with Gasteiger partial charge in [0, 0.05) is 11.8 Å². The first-order valence-corrected chi connectivity index (χ1v) is 14.4. The Morgan fingerprint density at radius 3 is 2.32 bits per heavy atom. The Morgan fingerprint density at radius 1 is 1.18 bits per heavy atom. The molecule has 0 aromatic heterocycles. The van der Waals surface area contributed by atoms with Gasteiger partial charge in [-0.05, 0) is 54.2 Å². The van der Waals surface area contributed by atoms with E-state index in [9.17, 15) is 27.8 Å². The molecule has 9 nitrogen and oxygen atoms in total. The molecule has 0 spiro atoms. The predicted molar refractivity (Wildman–Crippen MR) is 133 cm³/mol. The average Bonchev–Trinajstić information content (AvgIpc) is 2.76. The summed E-state index contributed by atoms with van der Waals surface area (Å²) in [5, 5.41) is 9.79. The Morgan fingerprint density at radius 2 is 1.79 bits per heavy atom. The van der Waals surface area contributed by atoms with Gasteiger partial charge in [-0.2, -0.15) is 0 Å². The molecule has 0 bridgehead atoms. The lowest BCUT2D eigenvalue weighted by Gasteiger charge is -2.29. The molecular formula is C23H33N2O7PS. The molecule has 34 heavy (non-hydrogen) atoms. The molecule has 0 aliphatic rings. The van der Waals surface area contributed by atoms with Crippen LogP contribution in [-0.4, -0.2) is 49.2 Å². The molecule has 5 N–H and O–H groups in total. The number of carbonyl (C=O) groups is 1. The zero-order valence-corrected chi connectivity index (χ0v) is 21.5. The van der Waals surface area contributed by atoms with E-state index < -0.39 is 47.1 Å². The van der Waals surface area contributed by atoms with Crippen LogP contribution in [0, 0.1) is 12.8 Å². The first kappa shape index (κ1) is 27.9. The smallest absolute Gasteiger partial charge is 0.311 e. The van der Waals surface area contributed by atoms with Crippen LogP contribution < -0.4 is 15.2 Å². The summed E-state index contributed by atoms with van der Waals surface area (Å²) in [6, 6.07) is 11.7. The van der Waals surface area contributed by atoms with Crippen LogP contribution in [0.4, 0.5) is 5.69 Å². The summed E-state index contributed by atoms with van der Waals surface area (Å²) in [6.45, 7) is 4.87. The van der Waals surface area contributed by atoms with Crippen LogP contribution in [0.15, 0.2) is 42.5 Å². The molecule has 0 radical (unpaired) electrons. The minimum Gasteiger partial charge on any atom is -0.497 e. The van der Waals surface area contributed by atoms with Gasteiger partial charge in [0.2, 0.25) is 17.4 Å². The van der Waals surface area contributed by atoms with Crippen molar-refractivity contribution in [3.05, 3.63) is 59.2 Å². The highest BCUT2D eigenvalue weighted by atomic mass is 32.2. The highest BCUT2D eigenvalue weighted by Gasteiger charge is 2.40. The Bertz CT molecular complexity index is 1150. The van der Waals surface area contributed by atoms with Gasteiger partial charge in [-0.1, -0.05) is 38.1 Å². The van der Waals surface area contributed by atoms with Gasteiger partial charge in [0.1, 0.15) is 11.5 Å². The number of hydrogen-bond donors (Lipinski definition) is 4. The average molecular weight is 513 g/mol. The van der Waals surface area contributed by atoms with E-state index in [0.717, 1.165) is 5.56 Å². The van der Waals surface area contributed by atoms with Crippen molar-refractivity contribution in [1.82, 2.24) is 4.72 Å². The maximum absolute atomic E-state index is 13.4. The maximum atomic E-state index is 13.4. The van der Waals surface area contributed by atoms with E-state index in [1.165, 1.54) is 7.11 Å². The minimum absolute atomic E-state index is 0.195. The van der Waals surface area contributed by atoms with Gasteiger partial charge in [-0.25, -0.2) is 13.1 Å². The third kappa shape index (κ3) is 7.30. The molecule has 0 heterocycles. The lowest BCUT2D eigenvalue weighted by Crippen LogP contribution is -2.41. The number of carboxylic acid groups (broad SMARTS) is 1. The zero-order valence-electron chi connectivity index (χ0n) is 19.8.